The van der Waals surface area contributed by atoms with E-state index in [0.29, 0.717) is 0 Å². The summed E-state index contributed by atoms with van der Waals surface area (Å²) in [6.07, 6.45) is 5.92. The summed E-state index contributed by atoms with van der Waals surface area (Å²) in [5.41, 5.74) is 0. The summed E-state index contributed by atoms with van der Waals surface area (Å²) in [7, 11) is 0. The topological polar surface area (TPSA) is 20.2 Å². The first kappa shape index (κ1) is 13.9. The molecule has 0 saturated heterocycles. The fourth-order valence-corrected chi connectivity index (χ4v) is 1.42. The van der Waals surface area contributed by atoms with Crippen LogP contribution in [0.3, 0.4) is 0 Å². The number of benzene rings is 1. The molecule has 0 unspecified atom stereocenters. The van der Waals surface area contributed by atoms with Crippen molar-refractivity contribution in [1.29, 1.82) is 0 Å². The van der Waals surface area contributed by atoms with Crippen LogP contribution >= 0.6 is 0 Å². The van der Waals surface area contributed by atoms with Gasteiger partial charge in [0.05, 0.1) is 6.10 Å². The molecule has 1 aromatic carbocycles. The molecule has 0 amide bonds. The fourth-order valence-electron chi connectivity index (χ4n) is 1.42. The van der Waals surface area contributed by atoms with Crippen LogP contribution in [0.1, 0.15) is 32.1 Å². The smallest absolute Gasteiger partial charge is 0.393 e. The summed E-state index contributed by atoms with van der Waals surface area (Å²) in [6, 6.07) is 12.5. The second-order valence-corrected chi connectivity index (χ2v) is 3.37. The van der Waals surface area contributed by atoms with E-state index in [2.05, 4.69) is 6.07 Å². The van der Waals surface area contributed by atoms with E-state index < -0.39 is 0 Å². The maximum absolute atomic E-state index is 8.91. The Morgan fingerprint density at radius 1 is 0.929 bits per heavy atom. The molecular formula is C12H17MgO+. The number of aliphatic hydroxyl groups excluding tert-OH is 1. The number of aliphatic hydroxyl groups is 1. The van der Waals surface area contributed by atoms with Crippen LogP contribution in [0, 0.1) is 6.07 Å². The number of rotatable bonds is 0. The minimum atomic E-state index is 0. The summed E-state index contributed by atoms with van der Waals surface area (Å²) in [4.78, 5) is 0. The van der Waals surface area contributed by atoms with Gasteiger partial charge in [-0.15, -0.1) is 0 Å². The molecule has 1 N–H and O–H groups in total. The first-order chi connectivity index (χ1) is 6.39. The van der Waals surface area contributed by atoms with E-state index >= 15 is 0 Å². The second-order valence-electron chi connectivity index (χ2n) is 3.37. The van der Waals surface area contributed by atoms with Gasteiger partial charge < -0.3 is 5.11 Å². The van der Waals surface area contributed by atoms with E-state index in [0.717, 1.165) is 12.8 Å². The van der Waals surface area contributed by atoms with Gasteiger partial charge in [-0.1, -0.05) is 19.3 Å². The van der Waals surface area contributed by atoms with Crippen molar-refractivity contribution in [3.05, 3.63) is 36.4 Å². The molecule has 1 fully saturated rings. The van der Waals surface area contributed by atoms with Crippen molar-refractivity contribution in [2.24, 2.45) is 0 Å². The van der Waals surface area contributed by atoms with Crippen LogP contribution in [0.2, 0.25) is 0 Å². The second kappa shape index (κ2) is 9.50. The Morgan fingerprint density at radius 3 is 1.71 bits per heavy atom. The van der Waals surface area contributed by atoms with Crippen molar-refractivity contribution >= 4 is 23.1 Å². The van der Waals surface area contributed by atoms with Crippen LogP contribution in [0.4, 0.5) is 0 Å². The van der Waals surface area contributed by atoms with Gasteiger partial charge in [0.2, 0.25) is 0 Å². The van der Waals surface area contributed by atoms with E-state index in [4.69, 9.17) is 5.11 Å². The maximum Gasteiger partial charge on any atom is 2.00 e. The van der Waals surface area contributed by atoms with Crippen molar-refractivity contribution in [3.63, 3.8) is 0 Å². The average Bonchev–Trinajstić information content (AvgIpc) is 2.22. The third-order valence-corrected chi connectivity index (χ3v) is 2.18. The number of hydrogen-bond acceptors (Lipinski definition) is 1. The van der Waals surface area contributed by atoms with Crippen LogP contribution in [0.25, 0.3) is 0 Å². The Bertz CT molecular complexity index is 168. The van der Waals surface area contributed by atoms with E-state index in [1.54, 1.807) is 0 Å². The van der Waals surface area contributed by atoms with Gasteiger partial charge >= 0.3 is 23.1 Å². The normalized spacial score (nSPS) is 16.1. The van der Waals surface area contributed by atoms with Crippen molar-refractivity contribution in [2.45, 2.75) is 38.2 Å². The molecule has 1 aromatic rings. The first-order valence-corrected chi connectivity index (χ1v) is 4.99. The largest absolute Gasteiger partial charge is 2.00 e. The monoisotopic (exact) mass is 201 g/mol. The van der Waals surface area contributed by atoms with Crippen molar-refractivity contribution in [1.82, 2.24) is 0 Å². The van der Waals surface area contributed by atoms with Gasteiger partial charge in [-0.3, -0.25) is 0 Å². The van der Waals surface area contributed by atoms with Gasteiger partial charge in [0.25, 0.3) is 0 Å². The van der Waals surface area contributed by atoms with Gasteiger partial charge in [-0.25, -0.2) is 0 Å². The predicted octanol–water partition coefficient (Wildman–Crippen LogP) is 2.42. The molecule has 2 heteroatoms. The Morgan fingerprint density at radius 2 is 1.50 bits per heavy atom. The molecule has 1 aliphatic carbocycles. The molecule has 14 heavy (non-hydrogen) atoms. The van der Waals surface area contributed by atoms with E-state index in [1.165, 1.54) is 19.3 Å². The number of hydrogen-bond donors (Lipinski definition) is 1. The summed E-state index contributed by atoms with van der Waals surface area (Å²) in [6.45, 7) is 0. The summed E-state index contributed by atoms with van der Waals surface area (Å²) >= 11 is 0. The van der Waals surface area contributed by atoms with E-state index in [1.807, 2.05) is 30.3 Å². The van der Waals surface area contributed by atoms with Crippen LogP contribution in [-0.4, -0.2) is 34.3 Å². The van der Waals surface area contributed by atoms with Gasteiger partial charge in [0, 0.05) is 0 Å². The van der Waals surface area contributed by atoms with Crippen molar-refractivity contribution in [3.8, 4) is 0 Å². The molecule has 0 aromatic heterocycles. The minimum absolute atomic E-state index is 0. The predicted molar refractivity (Wildman–Crippen MR) is 60.1 cm³/mol. The molecule has 72 valence electrons. The molecular weight excluding hydrogens is 184 g/mol. The van der Waals surface area contributed by atoms with Crippen LogP contribution in [0.15, 0.2) is 30.3 Å². The van der Waals surface area contributed by atoms with Crippen LogP contribution in [0.5, 0.6) is 0 Å². The third kappa shape index (κ3) is 7.36. The zero-order valence-electron chi connectivity index (χ0n) is 8.65. The molecule has 2 rings (SSSR count). The third-order valence-electron chi connectivity index (χ3n) is 2.18. The van der Waals surface area contributed by atoms with Gasteiger partial charge in [-0.05, 0) is 12.8 Å². The summed E-state index contributed by atoms with van der Waals surface area (Å²) < 4.78 is 0. The Kier molecular flexibility index (Phi) is 9.46. The molecule has 0 spiro atoms. The standard InChI is InChI=1S/C6H12O.C6H5.Mg/c7-6-4-2-1-3-5-6;1-2-4-6-5-3-1;/h6-7H,1-5H2;1-5H;/q;-1;+2. The Hall–Kier alpha value is -0.0538. The zero-order chi connectivity index (χ0) is 9.36. The van der Waals surface area contributed by atoms with Crippen LogP contribution in [-0.2, 0) is 0 Å². The molecule has 1 saturated carbocycles. The average molecular weight is 202 g/mol. The minimum Gasteiger partial charge on any atom is -0.393 e. The molecule has 0 bridgehead atoms. The first-order valence-electron chi connectivity index (χ1n) is 4.99. The van der Waals surface area contributed by atoms with Crippen molar-refractivity contribution in [2.75, 3.05) is 0 Å². The SMILES string of the molecule is OC1CCCCC1.[Mg+2].[c-]1ccccc1. The summed E-state index contributed by atoms with van der Waals surface area (Å²) in [5, 5.41) is 8.91. The fraction of sp³-hybridized carbons (Fsp3) is 0.500. The molecule has 0 aliphatic heterocycles. The quantitative estimate of drug-likeness (QED) is 0.505. The maximum atomic E-state index is 8.91. The Labute approximate surface area is 103 Å². The zero-order valence-corrected chi connectivity index (χ0v) is 10.1. The summed E-state index contributed by atoms with van der Waals surface area (Å²) in [5.74, 6) is 0. The van der Waals surface area contributed by atoms with Crippen molar-refractivity contribution < 1.29 is 5.11 Å². The van der Waals surface area contributed by atoms with E-state index in [9.17, 15) is 0 Å². The molecule has 1 nitrogen and oxygen atoms in total. The molecule has 1 aliphatic rings. The van der Waals surface area contributed by atoms with Gasteiger partial charge in [0.15, 0.2) is 0 Å². The molecule has 0 radical (unpaired) electrons. The van der Waals surface area contributed by atoms with Gasteiger partial charge in [0.1, 0.15) is 0 Å². The molecule has 0 atom stereocenters. The van der Waals surface area contributed by atoms with E-state index in [-0.39, 0.29) is 29.2 Å². The van der Waals surface area contributed by atoms with Crippen LogP contribution < -0.4 is 0 Å². The molecule has 0 heterocycles. The Balaban J connectivity index is 0.000000227. The van der Waals surface area contributed by atoms with Gasteiger partial charge in [-0.2, -0.15) is 36.4 Å².